The smallest absolute Gasteiger partial charge is 0.366 e. The van der Waals surface area contributed by atoms with Crippen LogP contribution in [0, 0.1) is 44.4 Å². The van der Waals surface area contributed by atoms with E-state index in [0.29, 0.717) is 0 Å². The first kappa shape index (κ1) is 33.6. The van der Waals surface area contributed by atoms with Crippen molar-refractivity contribution in [3.05, 3.63) is 196 Å². The fraction of sp³-hybridized carbons (Fsp3) is 0.0513. The van der Waals surface area contributed by atoms with Crippen molar-refractivity contribution < 1.29 is 19.5 Å². The van der Waals surface area contributed by atoms with Gasteiger partial charge in [0.25, 0.3) is 0 Å². The van der Waals surface area contributed by atoms with Gasteiger partial charge in [-0.2, -0.15) is 0 Å². The standard InChI is InChI=1S/C26H24P2.C8H5.C5H5.Ru/c1-5-13-23(14-6-1)27(24-15-7-2-8-16-24)21-22-28(25-17-9-3-10-18-25)26-19-11-4-12-20-26;1-2-8-6-4-3-5-7-8;1-2-4-5-3-1;/h1-20H,21-22H2;3-7H;1-5H;/q;-1;;+2. The SMILES string of the molecule is [C-]#Cc1ccccc1.[CH]1[CH][CH][CH][CH]1.[Ru+2].c1ccc(P(CCP(c2ccccc2)c2ccccc2)c2ccccc2)cc1. The van der Waals surface area contributed by atoms with Crippen LogP contribution in [-0.4, -0.2) is 12.3 Å². The Labute approximate surface area is 269 Å². The minimum Gasteiger partial charge on any atom is -0.366 e. The van der Waals surface area contributed by atoms with E-state index in [1.807, 2.05) is 62.4 Å². The average molecular weight is 666 g/mol. The van der Waals surface area contributed by atoms with E-state index in [1.165, 1.54) is 33.5 Å². The van der Waals surface area contributed by atoms with Crippen molar-refractivity contribution in [3.8, 4) is 5.92 Å². The van der Waals surface area contributed by atoms with Crippen molar-refractivity contribution in [1.82, 2.24) is 0 Å². The van der Waals surface area contributed by atoms with E-state index >= 15 is 0 Å². The van der Waals surface area contributed by atoms with Crippen LogP contribution in [0.4, 0.5) is 0 Å². The Kier molecular flexibility index (Phi) is 16.1. The molecule has 0 atom stereocenters. The van der Waals surface area contributed by atoms with Gasteiger partial charge in [0.2, 0.25) is 0 Å². The maximum atomic E-state index is 6.69. The Bertz CT molecular complexity index is 1230. The summed E-state index contributed by atoms with van der Waals surface area (Å²) >= 11 is 0. The Morgan fingerprint density at radius 2 is 0.619 bits per heavy atom. The van der Waals surface area contributed by atoms with Gasteiger partial charge in [0.05, 0.1) is 0 Å². The number of hydrogen-bond donors (Lipinski definition) is 0. The van der Waals surface area contributed by atoms with E-state index in [-0.39, 0.29) is 35.3 Å². The summed E-state index contributed by atoms with van der Waals surface area (Å²) in [7, 11) is -0.696. The molecule has 1 saturated carbocycles. The third-order valence-corrected chi connectivity index (χ3v) is 11.7. The molecular weight excluding hydrogens is 631 g/mol. The molecule has 42 heavy (non-hydrogen) atoms. The number of rotatable bonds is 7. The molecule has 0 bridgehead atoms. The second-order valence-electron chi connectivity index (χ2n) is 9.10. The van der Waals surface area contributed by atoms with Gasteiger partial charge in [0.15, 0.2) is 0 Å². The molecule has 0 aliphatic heterocycles. The molecule has 0 nitrogen and oxygen atoms in total. The van der Waals surface area contributed by atoms with Gasteiger partial charge in [0, 0.05) is 0 Å². The van der Waals surface area contributed by atoms with Crippen molar-refractivity contribution in [2.24, 2.45) is 0 Å². The zero-order chi connectivity index (χ0) is 28.4. The molecule has 1 aliphatic rings. The first-order valence-electron chi connectivity index (χ1n) is 13.7. The number of benzene rings is 5. The van der Waals surface area contributed by atoms with Crippen LogP contribution < -0.4 is 21.2 Å². The fourth-order valence-corrected chi connectivity index (χ4v) is 9.65. The quantitative estimate of drug-likeness (QED) is 0.0718. The molecule has 0 unspecified atom stereocenters. The van der Waals surface area contributed by atoms with Crippen molar-refractivity contribution in [2.45, 2.75) is 0 Å². The van der Waals surface area contributed by atoms with Crippen LogP contribution in [-0.2, 0) is 19.5 Å². The second kappa shape index (κ2) is 20.1. The first-order chi connectivity index (χ1) is 20.3. The summed E-state index contributed by atoms with van der Waals surface area (Å²) in [6, 6.07) is 53.6. The van der Waals surface area contributed by atoms with Gasteiger partial charge in [-0.15, -0.1) is 17.7 Å². The van der Waals surface area contributed by atoms with Crippen LogP contribution in [0.5, 0.6) is 0 Å². The molecule has 5 radical (unpaired) electrons. The van der Waals surface area contributed by atoms with Crippen molar-refractivity contribution in [2.75, 3.05) is 12.3 Å². The maximum absolute atomic E-state index is 6.69. The third-order valence-electron chi connectivity index (χ3n) is 6.29. The zero-order valence-electron chi connectivity index (χ0n) is 23.5. The van der Waals surface area contributed by atoms with Crippen molar-refractivity contribution in [3.63, 3.8) is 0 Å². The molecule has 0 N–H and O–H groups in total. The predicted octanol–water partition coefficient (Wildman–Crippen LogP) is 7.90. The van der Waals surface area contributed by atoms with E-state index in [1.54, 1.807) is 0 Å². The van der Waals surface area contributed by atoms with E-state index in [9.17, 15) is 0 Å². The van der Waals surface area contributed by atoms with Gasteiger partial charge < -0.3 is 6.42 Å². The van der Waals surface area contributed by atoms with E-state index in [2.05, 4.69) is 127 Å². The monoisotopic (exact) mass is 666 g/mol. The summed E-state index contributed by atoms with van der Waals surface area (Å²) in [5.41, 5.74) is 0.826. The average Bonchev–Trinajstić information content (AvgIpc) is 3.66. The molecule has 1 fully saturated rings. The molecule has 6 rings (SSSR count). The summed E-state index contributed by atoms with van der Waals surface area (Å²) < 4.78 is 0. The summed E-state index contributed by atoms with van der Waals surface area (Å²) in [5, 5.41) is 5.89. The van der Waals surface area contributed by atoms with Gasteiger partial charge in [-0.25, -0.2) is 0 Å². The molecule has 3 heteroatoms. The van der Waals surface area contributed by atoms with Crippen LogP contribution >= 0.6 is 15.8 Å². The molecule has 0 amide bonds. The summed E-state index contributed by atoms with van der Waals surface area (Å²) in [4.78, 5) is 0. The van der Waals surface area contributed by atoms with E-state index in [0.717, 1.165) is 5.56 Å². The van der Waals surface area contributed by atoms with Crippen molar-refractivity contribution in [1.29, 1.82) is 0 Å². The normalized spacial score (nSPS) is 11.7. The molecule has 0 heterocycles. The van der Waals surface area contributed by atoms with Crippen LogP contribution in [0.25, 0.3) is 0 Å². The Morgan fingerprint density at radius 1 is 0.381 bits per heavy atom. The largest absolute Gasteiger partial charge is 2.00 e. The van der Waals surface area contributed by atoms with Gasteiger partial charge >= 0.3 is 19.5 Å². The van der Waals surface area contributed by atoms with Gasteiger partial charge in [-0.1, -0.05) is 140 Å². The van der Waals surface area contributed by atoms with Gasteiger partial charge in [-0.3, -0.25) is 5.92 Å². The maximum Gasteiger partial charge on any atom is 2.00 e. The fourth-order valence-electron chi connectivity index (χ4n) is 4.29. The molecule has 0 aromatic heterocycles. The minimum absolute atomic E-state index is 0. The molecule has 1 aliphatic carbocycles. The van der Waals surface area contributed by atoms with Crippen LogP contribution in [0.1, 0.15) is 5.56 Å². The Hall–Kier alpha value is -2.86. The van der Waals surface area contributed by atoms with Crippen LogP contribution in [0.15, 0.2) is 152 Å². The van der Waals surface area contributed by atoms with Gasteiger partial charge in [0.1, 0.15) is 0 Å². The first-order valence-corrected chi connectivity index (χ1v) is 16.8. The molecule has 207 valence electrons. The summed E-state index contributed by atoms with van der Waals surface area (Å²) in [6.07, 6.45) is 19.1. The molecule has 0 spiro atoms. The van der Waals surface area contributed by atoms with Crippen LogP contribution in [0.3, 0.4) is 0 Å². The predicted molar refractivity (Wildman–Crippen MR) is 182 cm³/mol. The Morgan fingerprint density at radius 3 is 0.833 bits per heavy atom. The topological polar surface area (TPSA) is 0 Å². The van der Waals surface area contributed by atoms with Crippen LogP contribution in [0.2, 0.25) is 0 Å². The molecular formula is C39H34P2Ru+. The summed E-state index contributed by atoms with van der Waals surface area (Å²) in [6.45, 7) is 0. The Balaban J connectivity index is 0.000000284. The molecule has 0 saturated heterocycles. The molecule has 5 aromatic rings. The third kappa shape index (κ3) is 11.4. The summed E-state index contributed by atoms with van der Waals surface area (Å²) in [5.74, 6) is 2.28. The molecule has 5 aromatic carbocycles. The van der Waals surface area contributed by atoms with E-state index < -0.39 is 0 Å². The zero-order valence-corrected chi connectivity index (χ0v) is 27.0. The van der Waals surface area contributed by atoms with E-state index in [4.69, 9.17) is 6.42 Å². The second-order valence-corrected chi connectivity index (χ2v) is 13.8. The minimum atomic E-state index is -0.348. The number of hydrogen-bond acceptors (Lipinski definition) is 0. The van der Waals surface area contributed by atoms with Crippen molar-refractivity contribution >= 4 is 37.1 Å². The van der Waals surface area contributed by atoms with Gasteiger partial charge in [-0.05, 0) is 81.5 Å².